The maximum atomic E-state index is 10.9. The standard InChI is InChI=1S/C9H17N3O/c1-12(2)5-9-4-6(9)3-7(11-9)8(10)13/h6-7,11H,3-5H2,1-2H3,(H2,10,13). The van der Waals surface area contributed by atoms with E-state index < -0.39 is 0 Å². The van der Waals surface area contributed by atoms with Crippen molar-refractivity contribution in [1.29, 1.82) is 0 Å². The number of rotatable bonds is 3. The molecule has 74 valence electrons. The Kier molecular flexibility index (Phi) is 1.85. The van der Waals surface area contributed by atoms with Crippen molar-refractivity contribution in [2.24, 2.45) is 11.7 Å². The van der Waals surface area contributed by atoms with E-state index in [0.717, 1.165) is 13.0 Å². The van der Waals surface area contributed by atoms with Crippen LogP contribution in [-0.2, 0) is 4.79 Å². The van der Waals surface area contributed by atoms with Crippen molar-refractivity contribution < 1.29 is 4.79 Å². The molecule has 0 radical (unpaired) electrons. The second kappa shape index (κ2) is 2.69. The van der Waals surface area contributed by atoms with Gasteiger partial charge in [0, 0.05) is 12.1 Å². The van der Waals surface area contributed by atoms with Crippen molar-refractivity contribution in [2.75, 3.05) is 20.6 Å². The van der Waals surface area contributed by atoms with E-state index in [1.807, 2.05) is 0 Å². The SMILES string of the molecule is CN(C)CC12CC1CC(C(N)=O)N2. The molecule has 1 saturated carbocycles. The molecule has 0 spiro atoms. The topological polar surface area (TPSA) is 58.4 Å². The van der Waals surface area contributed by atoms with Gasteiger partial charge >= 0.3 is 0 Å². The molecular formula is C9H17N3O. The minimum atomic E-state index is -0.203. The van der Waals surface area contributed by atoms with Crippen molar-refractivity contribution in [1.82, 2.24) is 10.2 Å². The molecule has 1 amide bonds. The first-order valence-corrected chi connectivity index (χ1v) is 4.75. The molecule has 1 aliphatic heterocycles. The van der Waals surface area contributed by atoms with Crippen LogP contribution in [0.3, 0.4) is 0 Å². The highest BCUT2D eigenvalue weighted by molar-refractivity contribution is 5.80. The van der Waals surface area contributed by atoms with Crippen molar-refractivity contribution in [3.63, 3.8) is 0 Å². The molecular weight excluding hydrogens is 166 g/mol. The van der Waals surface area contributed by atoms with E-state index in [2.05, 4.69) is 24.3 Å². The number of likely N-dealkylation sites (N-methyl/N-ethyl adjacent to an activating group) is 1. The summed E-state index contributed by atoms with van der Waals surface area (Å²) in [5, 5.41) is 3.36. The maximum absolute atomic E-state index is 10.9. The summed E-state index contributed by atoms with van der Waals surface area (Å²) in [6.07, 6.45) is 2.14. The minimum absolute atomic E-state index is 0.0845. The van der Waals surface area contributed by atoms with E-state index in [9.17, 15) is 4.79 Å². The fraction of sp³-hybridized carbons (Fsp3) is 0.889. The van der Waals surface area contributed by atoms with Crippen LogP contribution in [-0.4, -0.2) is 43.0 Å². The van der Waals surface area contributed by atoms with Crippen LogP contribution in [0.15, 0.2) is 0 Å². The lowest BCUT2D eigenvalue weighted by atomic mass is 10.2. The summed E-state index contributed by atoms with van der Waals surface area (Å²) in [6, 6.07) is -0.0845. The van der Waals surface area contributed by atoms with Crippen molar-refractivity contribution >= 4 is 5.91 Å². The molecule has 0 aromatic heterocycles. The van der Waals surface area contributed by atoms with E-state index in [4.69, 9.17) is 5.73 Å². The Morgan fingerprint density at radius 2 is 2.38 bits per heavy atom. The number of piperidine rings is 1. The Balaban J connectivity index is 1.96. The minimum Gasteiger partial charge on any atom is -0.368 e. The molecule has 13 heavy (non-hydrogen) atoms. The molecule has 2 rings (SSSR count). The number of hydrogen-bond donors (Lipinski definition) is 2. The number of amides is 1. The Hall–Kier alpha value is -0.610. The molecule has 0 aromatic rings. The second-order valence-corrected chi connectivity index (χ2v) is 4.63. The van der Waals surface area contributed by atoms with Crippen LogP contribution in [0.2, 0.25) is 0 Å². The van der Waals surface area contributed by atoms with Crippen LogP contribution in [0.25, 0.3) is 0 Å². The molecule has 0 bridgehead atoms. The van der Waals surface area contributed by atoms with Gasteiger partial charge in [0.1, 0.15) is 0 Å². The van der Waals surface area contributed by atoms with Gasteiger partial charge in [0.05, 0.1) is 6.04 Å². The number of primary amides is 1. The molecule has 4 heteroatoms. The average Bonchev–Trinajstić information content (AvgIpc) is 2.51. The number of nitrogens with one attached hydrogen (secondary N) is 1. The van der Waals surface area contributed by atoms with Gasteiger partial charge in [-0.3, -0.25) is 10.1 Å². The van der Waals surface area contributed by atoms with Gasteiger partial charge in [0.15, 0.2) is 0 Å². The van der Waals surface area contributed by atoms with Crippen molar-refractivity contribution in [3.05, 3.63) is 0 Å². The lowest BCUT2D eigenvalue weighted by Gasteiger charge is -2.21. The van der Waals surface area contributed by atoms with E-state index in [0.29, 0.717) is 5.92 Å². The number of carbonyl (C=O) groups is 1. The van der Waals surface area contributed by atoms with Gasteiger partial charge in [-0.05, 0) is 32.9 Å². The lowest BCUT2D eigenvalue weighted by Crippen LogP contribution is -2.47. The van der Waals surface area contributed by atoms with Crippen LogP contribution in [0.5, 0.6) is 0 Å². The second-order valence-electron chi connectivity index (χ2n) is 4.63. The third-order valence-corrected chi connectivity index (χ3v) is 3.16. The average molecular weight is 183 g/mol. The molecule has 1 aliphatic carbocycles. The van der Waals surface area contributed by atoms with Crippen LogP contribution >= 0.6 is 0 Å². The first-order valence-electron chi connectivity index (χ1n) is 4.75. The van der Waals surface area contributed by atoms with E-state index in [-0.39, 0.29) is 17.5 Å². The van der Waals surface area contributed by atoms with Gasteiger partial charge in [-0.2, -0.15) is 0 Å². The van der Waals surface area contributed by atoms with Crippen molar-refractivity contribution in [2.45, 2.75) is 24.4 Å². The van der Waals surface area contributed by atoms with Gasteiger partial charge in [-0.25, -0.2) is 0 Å². The van der Waals surface area contributed by atoms with E-state index >= 15 is 0 Å². The fourth-order valence-electron chi connectivity index (χ4n) is 2.55. The van der Waals surface area contributed by atoms with Crippen molar-refractivity contribution in [3.8, 4) is 0 Å². The molecule has 3 unspecified atom stereocenters. The van der Waals surface area contributed by atoms with Crippen LogP contribution in [0.4, 0.5) is 0 Å². The van der Waals surface area contributed by atoms with Crippen LogP contribution in [0.1, 0.15) is 12.8 Å². The zero-order valence-electron chi connectivity index (χ0n) is 8.21. The highest BCUT2D eigenvalue weighted by Gasteiger charge is 2.60. The summed E-state index contributed by atoms with van der Waals surface area (Å²) < 4.78 is 0. The summed E-state index contributed by atoms with van der Waals surface area (Å²) in [4.78, 5) is 13.1. The summed E-state index contributed by atoms with van der Waals surface area (Å²) in [5.74, 6) is 0.470. The largest absolute Gasteiger partial charge is 0.368 e. The predicted molar refractivity (Wildman–Crippen MR) is 50.1 cm³/mol. The Labute approximate surface area is 78.5 Å². The fourth-order valence-corrected chi connectivity index (χ4v) is 2.55. The molecule has 3 N–H and O–H groups in total. The molecule has 1 heterocycles. The first kappa shape index (κ1) is 8.97. The summed E-state index contributed by atoms with van der Waals surface area (Å²) in [7, 11) is 4.12. The summed E-state index contributed by atoms with van der Waals surface area (Å²) in [6.45, 7) is 1.02. The highest BCUT2D eigenvalue weighted by atomic mass is 16.1. The number of nitrogens with two attached hydrogens (primary N) is 1. The van der Waals surface area contributed by atoms with Gasteiger partial charge in [-0.1, -0.05) is 0 Å². The molecule has 2 fully saturated rings. The van der Waals surface area contributed by atoms with E-state index in [1.54, 1.807) is 0 Å². The van der Waals surface area contributed by atoms with Gasteiger partial charge in [0.25, 0.3) is 0 Å². The molecule has 1 saturated heterocycles. The Morgan fingerprint density at radius 1 is 1.69 bits per heavy atom. The lowest BCUT2D eigenvalue weighted by molar-refractivity contribution is -0.120. The Morgan fingerprint density at radius 3 is 2.85 bits per heavy atom. The third-order valence-electron chi connectivity index (χ3n) is 3.16. The third kappa shape index (κ3) is 1.44. The van der Waals surface area contributed by atoms with Gasteiger partial charge in [0.2, 0.25) is 5.91 Å². The number of hydrogen-bond acceptors (Lipinski definition) is 3. The summed E-state index contributed by atoms with van der Waals surface area (Å²) >= 11 is 0. The summed E-state index contributed by atoms with van der Waals surface area (Å²) in [5.41, 5.74) is 5.47. The number of fused-ring (bicyclic) bond motifs is 1. The number of carbonyl (C=O) groups excluding carboxylic acids is 1. The zero-order valence-corrected chi connectivity index (χ0v) is 8.21. The highest BCUT2D eigenvalue weighted by Crippen LogP contribution is 2.51. The van der Waals surface area contributed by atoms with E-state index in [1.165, 1.54) is 6.42 Å². The first-order chi connectivity index (χ1) is 6.03. The van der Waals surface area contributed by atoms with Crippen LogP contribution < -0.4 is 11.1 Å². The molecule has 4 nitrogen and oxygen atoms in total. The maximum Gasteiger partial charge on any atom is 0.234 e. The molecule has 0 aromatic carbocycles. The number of nitrogens with zero attached hydrogens (tertiary/aromatic N) is 1. The monoisotopic (exact) mass is 183 g/mol. The molecule has 2 aliphatic rings. The van der Waals surface area contributed by atoms with Gasteiger partial charge in [-0.15, -0.1) is 0 Å². The smallest absolute Gasteiger partial charge is 0.234 e. The molecule has 3 atom stereocenters. The normalized spacial score (nSPS) is 42.1. The van der Waals surface area contributed by atoms with Gasteiger partial charge < -0.3 is 10.6 Å². The van der Waals surface area contributed by atoms with Crippen LogP contribution in [0, 0.1) is 5.92 Å². The predicted octanol–water partition coefficient (Wildman–Crippen LogP) is -0.846. The zero-order chi connectivity index (χ0) is 9.64. The Bertz CT molecular complexity index is 241. The quantitative estimate of drug-likeness (QED) is 0.599.